The van der Waals surface area contributed by atoms with Gasteiger partial charge < -0.3 is 44.2 Å². The predicted molar refractivity (Wildman–Crippen MR) is 237 cm³/mol. The molecule has 3 aromatic rings. The van der Waals surface area contributed by atoms with Gasteiger partial charge in [0.15, 0.2) is 0 Å². The topological polar surface area (TPSA) is 172 Å². The van der Waals surface area contributed by atoms with Crippen LogP contribution in [-0.4, -0.2) is 83.9 Å². The minimum atomic E-state index is -1.59. The molecule has 0 spiro atoms. The number of rotatable bonds is 19. The lowest BCUT2D eigenvalue weighted by Crippen LogP contribution is -2.70. The van der Waals surface area contributed by atoms with E-state index >= 15 is 4.79 Å². The number of ether oxygens (including phenoxy) is 4. The molecule has 0 bridgehead atoms. The summed E-state index contributed by atoms with van der Waals surface area (Å²) in [5.74, 6) is -2.69. The van der Waals surface area contributed by atoms with E-state index in [0.717, 1.165) is 43.2 Å². The first-order valence-electron chi connectivity index (χ1n) is 22.6. The number of carbonyl (C=O) groups is 2. The molecule has 3 aromatic carbocycles. The van der Waals surface area contributed by atoms with Gasteiger partial charge in [0, 0.05) is 56.2 Å². The minimum absolute atomic E-state index is 0.0263. The summed E-state index contributed by atoms with van der Waals surface area (Å²) in [7, 11) is 0. The standard InChI is InChI=1S/C50H59FN4O9/c1-3-26-61-50-44(55(32-34-16-20-37(51)21-17-34)48(58)35-18-14-33(31-52)15-19-35)30-42(54-64-45-13-7-10-27-60-45)40-28-36(11-5-8-24-56)39(12-6-9-25-57)46(47(40)50)41-29-38(22-23-43(41)63-50)62-49(59)53-4-2/h3,14-23,28-29,36,39,44-47,56-57H,1,4-13,24-27,30,32H2,2H3,(H,53,59). The minimum Gasteiger partial charge on any atom is -0.459 e. The van der Waals surface area contributed by atoms with E-state index in [0.29, 0.717) is 72.7 Å². The zero-order valence-electron chi connectivity index (χ0n) is 36.5. The summed E-state index contributed by atoms with van der Waals surface area (Å²) in [5.41, 5.74) is 3.58. The van der Waals surface area contributed by atoms with E-state index in [1.54, 1.807) is 59.5 Å². The molecule has 14 heteroatoms. The smallest absolute Gasteiger partial charge is 0.412 e. The molecule has 1 saturated carbocycles. The van der Waals surface area contributed by atoms with Crippen LogP contribution < -0.4 is 14.8 Å². The van der Waals surface area contributed by atoms with E-state index in [-0.39, 0.29) is 56.4 Å². The highest BCUT2D eigenvalue weighted by atomic mass is 19.1. The highest BCUT2D eigenvalue weighted by Crippen LogP contribution is 2.62. The Balaban J connectivity index is 1.48. The molecule has 0 aromatic heterocycles. The molecule has 2 amide bonds. The Labute approximate surface area is 374 Å². The molecular weight excluding hydrogens is 820 g/mol. The van der Waals surface area contributed by atoms with Crippen molar-refractivity contribution in [3.63, 3.8) is 0 Å². The van der Waals surface area contributed by atoms with Gasteiger partial charge in [-0.3, -0.25) is 4.79 Å². The quantitative estimate of drug-likeness (QED) is 0.0604. The Morgan fingerprint density at radius 1 is 1.05 bits per heavy atom. The fourth-order valence-electron chi connectivity index (χ4n) is 9.88. The van der Waals surface area contributed by atoms with E-state index in [4.69, 9.17) is 28.9 Å². The van der Waals surface area contributed by atoms with Crippen LogP contribution in [0.2, 0.25) is 0 Å². The van der Waals surface area contributed by atoms with E-state index in [2.05, 4.69) is 24.0 Å². The van der Waals surface area contributed by atoms with Gasteiger partial charge in [-0.1, -0.05) is 42.3 Å². The second-order valence-electron chi connectivity index (χ2n) is 16.8. The number of halogens is 1. The van der Waals surface area contributed by atoms with Crippen molar-refractivity contribution < 1.29 is 48.0 Å². The number of nitrogens with one attached hydrogen (secondary N) is 1. The third kappa shape index (κ3) is 10.3. The van der Waals surface area contributed by atoms with Gasteiger partial charge in [-0.25, -0.2) is 9.18 Å². The van der Waals surface area contributed by atoms with Crippen LogP contribution in [0.15, 0.2) is 96.2 Å². The van der Waals surface area contributed by atoms with Crippen LogP contribution in [0, 0.1) is 34.9 Å². The van der Waals surface area contributed by atoms with Crippen LogP contribution in [0.1, 0.15) is 104 Å². The van der Waals surface area contributed by atoms with Crippen molar-refractivity contribution in [1.29, 1.82) is 5.26 Å². The van der Waals surface area contributed by atoms with Crippen molar-refractivity contribution in [1.82, 2.24) is 10.2 Å². The van der Waals surface area contributed by atoms with Gasteiger partial charge in [-0.15, -0.1) is 6.58 Å². The lowest BCUT2D eigenvalue weighted by Gasteiger charge is -2.60. The Kier molecular flexibility index (Phi) is 15.9. The summed E-state index contributed by atoms with van der Waals surface area (Å²) >= 11 is 0. The number of fused-ring (bicyclic) bond motifs is 2. The van der Waals surface area contributed by atoms with Crippen molar-refractivity contribution in [2.75, 3.05) is 33.0 Å². The number of nitrogens with zero attached hydrogens (tertiary/aromatic N) is 3. The Hall–Kier alpha value is -5.59. The molecule has 64 heavy (non-hydrogen) atoms. The predicted octanol–water partition coefficient (Wildman–Crippen LogP) is 8.31. The first-order valence-corrected chi connectivity index (χ1v) is 22.6. The summed E-state index contributed by atoms with van der Waals surface area (Å²) < 4.78 is 40.6. The molecular formula is C50H59FN4O9. The number of amides is 2. The molecule has 340 valence electrons. The monoisotopic (exact) mass is 878 g/mol. The summed E-state index contributed by atoms with van der Waals surface area (Å²) in [6.07, 6.45) is 9.49. The summed E-state index contributed by atoms with van der Waals surface area (Å²) in [6.45, 7) is 6.91. The maximum absolute atomic E-state index is 15.3. The molecule has 7 atom stereocenters. The number of benzene rings is 3. The fraction of sp³-hybridized carbons (Fsp3) is 0.480. The number of hydrogen-bond acceptors (Lipinski definition) is 11. The molecule has 3 N–H and O–H groups in total. The molecule has 7 unspecified atom stereocenters. The Morgan fingerprint density at radius 3 is 2.50 bits per heavy atom. The van der Waals surface area contributed by atoms with E-state index in [1.165, 1.54) is 12.1 Å². The zero-order valence-corrected chi connectivity index (χ0v) is 36.5. The molecule has 2 fully saturated rings. The van der Waals surface area contributed by atoms with Crippen LogP contribution >= 0.6 is 0 Å². The third-order valence-electron chi connectivity index (χ3n) is 12.8. The molecule has 4 aliphatic rings. The summed E-state index contributed by atoms with van der Waals surface area (Å²) in [6, 6.07) is 19.0. The number of nitriles is 1. The average molecular weight is 879 g/mol. The van der Waals surface area contributed by atoms with Crippen LogP contribution in [0.5, 0.6) is 11.5 Å². The third-order valence-corrected chi connectivity index (χ3v) is 12.8. The maximum atomic E-state index is 15.3. The van der Waals surface area contributed by atoms with Crippen LogP contribution in [-0.2, 0) is 20.9 Å². The van der Waals surface area contributed by atoms with Gasteiger partial charge in [0.05, 0.1) is 36.5 Å². The molecule has 7 rings (SSSR count). The van der Waals surface area contributed by atoms with Crippen molar-refractivity contribution in [3.05, 3.63) is 119 Å². The molecule has 13 nitrogen and oxygen atoms in total. The fourth-order valence-corrected chi connectivity index (χ4v) is 9.88. The van der Waals surface area contributed by atoms with E-state index in [1.807, 2.05) is 13.0 Å². The van der Waals surface area contributed by atoms with E-state index in [9.17, 15) is 24.7 Å². The van der Waals surface area contributed by atoms with Crippen molar-refractivity contribution in [2.45, 2.75) is 102 Å². The molecule has 2 aliphatic carbocycles. The normalized spacial score (nSPS) is 25.1. The number of oxime groups is 1. The largest absolute Gasteiger partial charge is 0.459 e. The lowest BCUT2D eigenvalue weighted by molar-refractivity contribution is -0.255. The second kappa shape index (κ2) is 21.9. The summed E-state index contributed by atoms with van der Waals surface area (Å²) in [5, 5.41) is 37.1. The number of carbonyl (C=O) groups excluding carboxylic acids is 2. The van der Waals surface area contributed by atoms with Crippen LogP contribution in [0.25, 0.3) is 0 Å². The molecule has 1 saturated heterocycles. The maximum Gasteiger partial charge on any atom is 0.412 e. The number of allylic oxidation sites excluding steroid dienone is 1. The number of unbranched alkanes of at least 4 members (excludes halogenated alkanes) is 2. The van der Waals surface area contributed by atoms with Crippen molar-refractivity contribution in [3.8, 4) is 17.6 Å². The molecule has 0 radical (unpaired) electrons. The first-order chi connectivity index (χ1) is 31.2. The van der Waals surface area contributed by atoms with Crippen LogP contribution in [0.3, 0.4) is 0 Å². The van der Waals surface area contributed by atoms with Gasteiger partial charge in [-0.2, -0.15) is 5.26 Å². The number of hydrogen-bond donors (Lipinski definition) is 3. The second-order valence-corrected chi connectivity index (χ2v) is 16.8. The summed E-state index contributed by atoms with van der Waals surface area (Å²) in [4.78, 5) is 36.1. The first kappa shape index (κ1) is 46.4. The lowest BCUT2D eigenvalue weighted by atomic mass is 9.55. The van der Waals surface area contributed by atoms with Gasteiger partial charge in [0.1, 0.15) is 23.4 Å². The van der Waals surface area contributed by atoms with Crippen LogP contribution in [0.4, 0.5) is 9.18 Å². The van der Waals surface area contributed by atoms with Crippen molar-refractivity contribution in [2.24, 2.45) is 22.9 Å². The van der Waals surface area contributed by atoms with Gasteiger partial charge in [-0.05, 0) is 123 Å². The number of aliphatic hydroxyl groups excluding tert-OH is 2. The van der Waals surface area contributed by atoms with Gasteiger partial charge in [0.25, 0.3) is 5.91 Å². The Bertz CT molecular complexity index is 2190. The van der Waals surface area contributed by atoms with E-state index < -0.39 is 35.9 Å². The van der Waals surface area contributed by atoms with Crippen molar-refractivity contribution >= 4 is 17.7 Å². The van der Waals surface area contributed by atoms with Gasteiger partial charge in [0.2, 0.25) is 12.1 Å². The highest BCUT2D eigenvalue weighted by Gasteiger charge is 2.65. The molecule has 2 heterocycles. The number of aliphatic hydroxyl groups is 2. The van der Waals surface area contributed by atoms with Gasteiger partial charge >= 0.3 is 6.09 Å². The SMILES string of the molecule is C=CCOC12Oc3ccc(OC(=O)NCC)cc3C3C(CCCCO)C(CCCCO)C=C(C(=NOC4CCCCO4)CC1N(Cc1ccc(F)cc1)C(=O)c1ccc(C#N)cc1)C32. The highest BCUT2D eigenvalue weighted by molar-refractivity contribution is 6.03. The average Bonchev–Trinajstić information content (AvgIpc) is 3.31. The zero-order chi connectivity index (χ0) is 45.1. The molecule has 2 aliphatic heterocycles. The Morgan fingerprint density at radius 2 is 1.81 bits per heavy atom.